The molecular weight excluding hydrogens is 358 g/mol. The summed E-state index contributed by atoms with van der Waals surface area (Å²) in [6, 6.07) is 4.85. The van der Waals surface area contributed by atoms with E-state index in [-0.39, 0.29) is 12.5 Å². The molecule has 0 aromatic carbocycles. The maximum Gasteiger partial charge on any atom is 0.244 e. The molecule has 27 heavy (non-hydrogen) atoms. The van der Waals surface area contributed by atoms with Crippen LogP contribution in [0.3, 0.4) is 0 Å². The molecule has 1 aromatic heterocycles. The second kappa shape index (κ2) is 10.1. The SMILES string of the molecule is CCNC(=NCC(=O)N1CCCC1)NCC1CCCN(C)C1c1cccs1. The van der Waals surface area contributed by atoms with Crippen molar-refractivity contribution in [1.82, 2.24) is 20.4 Å². The van der Waals surface area contributed by atoms with E-state index < -0.39 is 0 Å². The van der Waals surface area contributed by atoms with Crippen LogP contribution in [0.4, 0.5) is 0 Å². The normalized spacial score (nSPS) is 24.2. The summed E-state index contributed by atoms with van der Waals surface area (Å²) in [7, 11) is 2.23. The molecule has 0 saturated carbocycles. The maximum atomic E-state index is 12.3. The van der Waals surface area contributed by atoms with Crippen LogP contribution in [0.1, 0.15) is 43.5 Å². The molecule has 2 saturated heterocycles. The van der Waals surface area contributed by atoms with Gasteiger partial charge in [0.2, 0.25) is 5.91 Å². The summed E-state index contributed by atoms with van der Waals surface area (Å²) in [5, 5.41) is 8.95. The van der Waals surface area contributed by atoms with Gasteiger partial charge in [-0.1, -0.05) is 6.07 Å². The second-order valence-electron chi connectivity index (χ2n) is 7.51. The van der Waals surface area contributed by atoms with Crippen molar-refractivity contribution in [3.05, 3.63) is 22.4 Å². The predicted molar refractivity (Wildman–Crippen MR) is 112 cm³/mol. The molecule has 7 heteroatoms. The highest BCUT2D eigenvalue weighted by Gasteiger charge is 2.31. The zero-order chi connectivity index (χ0) is 19.1. The molecule has 150 valence electrons. The Morgan fingerprint density at radius 1 is 1.26 bits per heavy atom. The molecule has 2 aliphatic rings. The number of hydrogen-bond acceptors (Lipinski definition) is 4. The van der Waals surface area contributed by atoms with Gasteiger partial charge in [0.15, 0.2) is 5.96 Å². The van der Waals surface area contributed by atoms with E-state index in [0.29, 0.717) is 12.0 Å². The molecule has 1 amide bonds. The lowest BCUT2D eigenvalue weighted by atomic mass is 9.88. The van der Waals surface area contributed by atoms with Gasteiger partial charge < -0.3 is 15.5 Å². The fourth-order valence-corrected chi connectivity index (χ4v) is 5.15. The first-order chi connectivity index (χ1) is 13.2. The topological polar surface area (TPSA) is 60.0 Å². The van der Waals surface area contributed by atoms with Gasteiger partial charge in [-0.25, -0.2) is 4.99 Å². The van der Waals surface area contributed by atoms with E-state index in [2.05, 4.69) is 52.0 Å². The summed E-state index contributed by atoms with van der Waals surface area (Å²) < 4.78 is 0. The number of thiophene rings is 1. The van der Waals surface area contributed by atoms with Crippen LogP contribution in [0.2, 0.25) is 0 Å². The van der Waals surface area contributed by atoms with Crippen molar-refractivity contribution in [3.63, 3.8) is 0 Å². The minimum Gasteiger partial charge on any atom is -0.357 e. The van der Waals surface area contributed by atoms with Gasteiger partial charge in [0.05, 0.1) is 0 Å². The number of amides is 1. The Kier molecular flexibility index (Phi) is 7.52. The van der Waals surface area contributed by atoms with Crippen molar-refractivity contribution >= 4 is 23.2 Å². The number of rotatable bonds is 6. The summed E-state index contributed by atoms with van der Waals surface area (Å²) in [5.41, 5.74) is 0. The highest BCUT2D eigenvalue weighted by molar-refractivity contribution is 7.10. The average Bonchev–Trinajstić information content (AvgIpc) is 3.37. The Hall–Kier alpha value is -1.60. The molecule has 3 rings (SSSR count). The van der Waals surface area contributed by atoms with Crippen LogP contribution in [0.15, 0.2) is 22.5 Å². The third-order valence-electron chi connectivity index (χ3n) is 5.55. The van der Waals surface area contributed by atoms with Crippen LogP contribution in [-0.4, -0.2) is 68.0 Å². The van der Waals surface area contributed by atoms with Crippen LogP contribution >= 0.6 is 11.3 Å². The van der Waals surface area contributed by atoms with E-state index in [9.17, 15) is 4.79 Å². The second-order valence-corrected chi connectivity index (χ2v) is 8.49. The molecule has 6 nitrogen and oxygen atoms in total. The van der Waals surface area contributed by atoms with Gasteiger partial charge in [-0.15, -0.1) is 11.3 Å². The number of likely N-dealkylation sites (tertiary alicyclic amines) is 2. The number of carbonyl (C=O) groups excluding carboxylic acids is 1. The van der Waals surface area contributed by atoms with Gasteiger partial charge in [0.1, 0.15) is 6.54 Å². The molecule has 1 aromatic rings. The van der Waals surface area contributed by atoms with Crippen molar-refractivity contribution in [1.29, 1.82) is 0 Å². The van der Waals surface area contributed by atoms with E-state index in [4.69, 9.17) is 0 Å². The molecule has 2 aliphatic heterocycles. The largest absolute Gasteiger partial charge is 0.357 e. The first kappa shape index (κ1) is 20.1. The number of hydrogen-bond donors (Lipinski definition) is 2. The van der Waals surface area contributed by atoms with E-state index in [1.807, 2.05) is 16.2 Å². The summed E-state index contributed by atoms with van der Waals surface area (Å²) in [5.74, 6) is 1.43. The quantitative estimate of drug-likeness (QED) is 0.577. The van der Waals surface area contributed by atoms with Crippen LogP contribution < -0.4 is 10.6 Å². The van der Waals surface area contributed by atoms with E-state index >= 15 is 0 Å². The number of nitrogens with one attached hydrogen (secondary N) is 2. The molecule has 2 fully saturated rings. The number of guanidine groups is 1. The molecule has 0 radical (unpaired) electrons. The van der Waals surface area contributed by atoms with Gasteiger partial charge in [-0.3, -0.25) is 9.69 Å². The Balaban J connectivity index is 1.58. The lowest BCUT2D eigenvalue weighted by Crippen LogP contribution is -2.45. The molecule has 0 aliphatic carbocycles. The number of carbonyl (C=O) groups is 1. The fourth-order valence-electron chi connectivity index (χ4n) is 4.17. The first-order valence-corrected chi connectivity index (χ1v) is 11.1. The minimum absolute atomic E-state index is 0.138. The number of aliphatic imine (C=N–C) groups is 1. The van der Waals surface area contributed by atoms with Crippen molar-refractivity contribution in [2.24, 2.45) is 10.9 Å². The third-order valence-corrected chi connectivity index (χ3v) is 6.49. The monoisotopic (exact) mass is 391 g/mol. The van der Waals surface area contributed by atoms with E-state index in [1.54, 1.807) is 0 Å². The highest BCUT2D eigenvalue weighted by Crippen LogP contribution is 2.36. The van der Waals surface area contributed by atoms with Crippen LogP contribution in [0, 0.1) is 5.92 Å². The predicted octanol–water partition coefficient (Wildman–Crippen LogP) is 2.31. The van der Waals surface area contributed by atoms with Gasteiger partial charge in [-0.2, -0.15) is 0 Å². The van der Waals surface area contributed by atoms with Crippen LogP contribution in [0.5, 0.6) is 0 Å². The zero-order valence-electron chi connectivity index (χ0n) is 16.6. The van der Waals surface area contributed by atoms with Crippen molar-refractivity contribution in [2.45, 2.75) is 38.6 Å². The smallest absolute Gasteiger partial charge is 0.244 e. The Morgan fingerprint density at radius 3 is 2.78 bits per heavy atom. The summed E-state index contributed by atoms with van der Waals surface area (Å²) >= 11 is 1.84. The van der Waals surface area contributed by atoms with Gasteiger partial charge in [-0.05, 0) is 63.6 Å². The standard InChI is InChI=1S/C20H33N5OS/c1-3-21-20(23-15-18(26)25-11-4-5-12-25)22-14-16-8-6-10-24(2)19(16)17-9-7-13-27-17/h7,9,13,16,19H,3-6,8,10-12,14-15H2,1-2H3,(H2,21,22,23). The average molecular weight is 392 g/mol. The molecule has 3 heterocycles. The third kappa shape index (κ3) is 5.45. The number of piperidine rings is 1. The van der Waals surface area contributed by atoms with E-state index in [0.717, 1.165) is 51.5 Å². The maximum absolute atomic E-state index is 12.3. The molecule has 0 bridgehead atoms. The summed E-state index contributed by atoms with van der Waals surface area (Å²) in [6.45, 7) is 6.87. The summed E-state index contributed by atoms with van der Waals surface area (Å²) in [6.07, 6.45) is 4.68. The molecule has 2 N–H and O–H groups in total. The highest BCUT2D eigenvalue weighted by atomic mass is 32.1. The Morgan fingerprint density at radius 2 is 2.07 bits per heavy atom. The lowest BCUT2D eigenvalue weighted by molar-refractivity contribution is -0.128. The summed E-state index contributed by atoms with van der Waals surface area (Å²) in [4.78, 5) is 22.7. The van der Waals surface area contributed by atoms with Gasteiger partial charge >= 0.3 is 0 Å². The minimum atomic E-state index is 0.138. The molecule has 2 atom stereocenters. The zero-order valence-corrected chi connectivity index (χ0v) is 17.4. The lowest BCUT2D eigenvalue weighted by Gasteiger charge is -2.39. The Labute approximate surface area is 167 Å². The van der Waals surface area contributed by atoms with Crippen LogP contribution in [-0.2, 0) is 4.79 Å². The first-order valence-electron chi connectivity index (χ1n) is 10.2. The van der Waals surface area contributed by atoms with E-state index in [1.165, 1.54) is 17.7 Å². The molecule has 0 spiro atoms. The number of nitrogens with zero attached hydrogens (tertiary/aromatic N) is 3. The van der Waals surface area contributed by atoms with Crippen molar-refractivity contribution in [2.75, 3.05) is 46.3 Å². The van der Waals surface area contributed by atoms with Crippen LogP contribution in [0.25, 0.3) is 0 Å². The van der Waals surface area contributed by atoms with Crippen molar-refractivity contribution in [3.8, 4) is 0 Å². The van der Waals surface area contributed by atoms with Gasteiger partial charge in [0.25, 0.3) is 0 Å². The Bertz CT molecular complexity index is 612. The molecule has 2 unspecified atom stereocenters. The molecular formula is C20H33N5OS. The van der Waals surface area contributed by atoms with Crippen molar-refractivity contribution < 1.29 is 4.79 Å². The fraction of sp³-hybridized carbons (Fsp3) is 0.700. The van der Waals surface area contributed by atoms with Gasteiger partial charge in [0, 0.05) is 37.1 Å².